The van der Waals surface area contributed by atoms with Crippen molar-refractivity contribution in [3.8, 4) is 0 Å². The van der Waals surface area contributed by atoms with Crippen molar-refractivity contribution in [1.29, 1.82) is 0 Å². The fourth-order valence-corrected chi connectivity index (χ4v) is 6.20. The summed E-state index contributed by atoms with van der Waals surface area (Å²) in [6.45, 7) is 8.78. The molecule has 0 radical (unpaired) electrons. The van der Waals surface area contributed by atoms with Gasteiger partial charge in [0.2, 0.25) is 5.91 Å². The van der Waals surface area contributed by atoms with Crippen LogP contribution in [-0.2, 0) is 17.8 Å². The molecule has 2 atom stereocenters. The molecule has 1 aliphatic carbocycles. The van der Waals surface area contributed by atoms with Crippen molar-refractivity contribution >= 4 is 33.4 Å². The number of nitrogens with one attached hydrogen (secondary N) is 1. The highest BCUT2D eigenvalue weighted by Gasteiger charge is 2.49. The van der Waals surface area contributed by atoms with Crippen LogP contribution < -0.4 is 5.32 Å². The van der Waals surface area contributed by atoms with E-state index in [-0.39, 0.29) is 23.9 Å². The quantitative estimate of drug-likeness (QED) is 0.671. The summed E-state index contributed by atoms with van der Waals surface area (Å²) in [5.74, 6) is -0.0166. The molecule has 2 aromatic heterocycles. The van der Waals surface area contributed by atoms with Gasteiger partial charge in [-0.2, -0.15) is 0 Å². The number of aromatic nitrogens is 1. The first-order chi connectivity index (χ1) is 14.4. The maximum Gasteiger partial charge on any atom is 0.271 e. The highest BCUT2D eigenvalue weighted by molar-refractivity contribution is 7.19. The summed E-state index contributed by atoms with van der Waals surface area (Å²) in [6, 6.07) is 4.46. The van der Waals surface area contributed by atoms with Gasteiger partial charge in [0.15, 0.2) is 0 Å². The van der Waals surface area contributed by atoms with Crippen LogP contribution in [0.1, 0.15) is 88.0 Å². The second-order valence-electron chi connectivity index (χ2n) is 9.30. The number of hydrogen-bond donors (Lipinski definition) is 1. The third-order valence-corrected chi connectivity index (χ3v) is 8.35. The van der Waals surface area contributed by atoms with Crippen molar-refractivity contribution in [2.75, 3.05) is 0 Å². The molecular formula is C24H35N3O2S. The number of thiophene rings is 1. The second-order valence-corrected chi connectivity index (χ2v) is 10.5. The maximum absolute atomic E-state index is 13.7. The van der Waals surface area contributed by atoms with Crippen LogP contribution >= 0.6 is 11.3 Å². The topological polar surface area (TPSA) is 54.3 Å². The highest BCUT2D eigenvalue weighted by Crippen LogP contribution is 2.37. The Balaban J connectivity index is 1.72. The lowest BCUT2D eigenvalue weighted by atomic mass is 9.91. The summed E-state index contributed by atoms with van der Waals surface area (Å²) >= 11 is 1.76. The summed E-state index contributed by atoms with van der Waals surface area (Å²) in [5.41, 5.74) is 0.933. The van der Waals surface area contributed by atoms with E-state index in [2.05, 4.69) is 36.7 Å². The molecule has 2 aromatic rings. The molecule has 2 unspecified atom stereocenters. The number of nitrogens with zero attached hydrogens (tertiary/aromatic N) is 2. The fraction of sp³-hybridized carbons (Fsp3) is 0.667. The van der Waals surface area contributed by atoms with E-state index in [9.17, 15) is 9.59 Å². The van der Waals surface area contributed by atoms with Crippen molar-refractivity contribution < 1.29 is 9.59 Å². The third kappa shape index (κ3) is 3.57. The molecule has 4 rings (SSSR count). The zero-order valence-electron chi connectivity index (χ0n) is 18.8. The van der Waals surface area contributed by atoms with Gasteiger partial charge in [0.25, 0.3) is 5.91 Å². The predicted octanol–water partition coefficient (Wildman–Crippen LogP) is 5.12. The van der Waals surface area contributed by atoms with Gasteiger partial charge in [0.05, 0.1) is 16.8 Å². The monoisotopic (exact) mass is 429 g/mol. The van der Waals surface area contributed by atoms with E-state index in [1.807, 2.05) is 17.9 Å². The van der Waals surface area contributed by atoms with Crippen LogP contribution in [0.5, 0.6) is 0 Å². The molecule has 6 heteroatoms. The van der Waals surface area contributed by atoms with E-state index >= 15 is 0 Å². The van der Waals surface area contributed by atoms with Crippen molar-refractivity contribution in [2.45, 2.75) is 103 Å². The number of fused-ring (bicyclic) bond motifs is 3. The van der Waals surface area contributed by atoms with Gasteiger partial charge in [-0.05, 0) is 51.7 Å². The molecule has 1 N–H and O–H groups in total. The summed E-state index contributed by atoms with van der Waals surface area (Å²) in [6.07, 6.45) is 8.76. The minimum Gasteiger partial charge on any atom is -0.351 e. The molecule has 5 nitrogen and oxygen atoms in total. The molecule has 1 fully saturated rings. The van der Waals surface area contributed by atoms with Gasteiger partial charge in [-0.1, -0.05) is 39.5 Å². The molecule has 30 heavy (non-hydrogen) atoms. The van der Waals surface area contributed by atoms with Crippen LogP contribution in [0.15, 0.2) is 12.1 Å². The molecule has 3 heterocycles. The third-order valence-electron chi connectivity index (χ3n) is 7.14. The summed E-state index contributed by atoms with van der Waals surface area (Å²) in [5, 5.41) is 3.34. The number of rotatable bonds is 5. The van der Waals surface area contributed by atoms with Gasteiger partial charge in [-0.3, -0.25) is 9.59 Å². The molecule has 0 saturated heterocycles. The Morgan fingerprint density at radius 1 is 1.23 bits per heavy atom. The first-order valence-corrected chi connectivity index (χ1v) is 12.5. The Morgan fingerprint density at radius 3 is 2.57 bits per heavy atom. The molecule has 164 valence electrons. The van der Waals surface area contributed by atoms with Crippen LogP contribution in [0.4, 0.5) is 0 Å². The van der Waals surface area contributed by atoms with Crippen molar-refractivity contribution in [3.63, 3.8) is 0 Å². The number of carbonyl (C=O) groups excluding carboxylic acids is 2. The Morgan fingerprint density at radius 2 is 1.93 bits per heavy atom. The second kappa shape index (κ2) is 8.37. The Hall–Kier alpha value is -1.82. The lowest BCUT2D eigenvalue weighted by Crippen LogP contribution is -2.66. The van der Waals surface area contributed by atoms with Crippen LogP contribution in [-0.4, -0.2) is 38.9 Å². The smallest absolute Gasteiger partial charge is 0.271 e. The molecule has 0 bridgehead atoms. The van der Waals surface area contributed by atoms with E-state index in [4.69, 9.17) is 0 Å². The molecule has 0 aromatic carbocycles. The Kier molecular flexibility index (Phi) is 5.97. The largest absolute Gasteiger partial charge is 0.351 e. The SMILES string of the molecule is CCc1cc2c(cc3n2CC(C)(C(=O)NC2CCCCCC2)N(C(C)CC)C3=O)s1. The minimum absolute atomic E-state index is 0.00138. The lowest BCUT2D eigenvalue weighted by molar-refractivity contribution is -0.135. The van der Waals surface area contributed by atoms with Crippen LogP contribution in [0.2, 0.25) is 0 Å². The molecule has 1 aliphatic heterocycles. The molecule has 2 amide bonds. The maximum atomic E-state index is 13.7. The Bertz CT molecular complexity index is 938. The van der Waals surface area contributed by atoms with Crippen LogP contribution in [0, 0.1) is 0 Å². The standard InChI is InChI=1S/C24H35N3O2S/c1-5-16(3)27-22(28)20-14-21-19(13-18(6-2)30-21)26(20)15-24(27,4)23(29)25-17-11-9-7-8-10-12-17/h13-14,16-17H,5-12,15H2,1-4H3,(H,25,29). The van der Waals surface area contributed by atoms with Crippen molar-refractivity contribution in [2.24, 2.45) is 0 Å². The molecule has 0 spiro atoms. The van der Waals surface area contributed by atoms with Gasteiger partial charge in [0.1, 0.15) is 11.2 Å². The van der Waals surface area contributed by atoms with Gasteiger partial charge in [-0.15, -0.1) is 11.3 Å². The fourth-order valence-electron chi connectivity index (χ4n) is 5.16. The average Bonchev–Trinajstić information content (AvgIpc) is 3.17. The predicted molar refractivity (Wildman–Crippen MR) is 123 cm³/mol. The van der Waals surface area contributed by atoms with Crippen molar-refractivity contribution in [3.05, 3.63) is 22.7 Å². The molecule has 2 aliphatic rings. The normalized spacial score (nSPS) is 24.0. The molecular weight excluding hydrogens is 394 g/mol. The van der Waals surface area contributed by atoms with E-state index in [1.165, 1.54) is 30.6 Å². The van der Waals surface area contributed by atoms with Crippen LogP contribution in [0.3, 0.4) is 0 Å². The lowest BCUT2D eigenvalue weighted by Gasteiger charge is -2.47. The van der Waals surface area contributed by atoms with E-state index in [1.54, 1.807) is 11.3 Å². The zero-order valence-corrected chi connectivity index (χ0v) is 19.6. The van der Waals surface area contributed by atoms with Gasteiger partial charge < -0.3 is 14.8 Å². The van der Waals surface area contributed by atoms with Gasteiger partial charge >= 0.3 is 0 Å². The first kappa shape index (κ1) is 21.4. The highest BCUT2D eigenvalue weighted by atomic mass is 32.1. The van der Waals surface area contributed by atoms with Crippen LogP contribution in [0.25, 0.3) is 10.2 Å². The Labute approximate surface area is 183 Å². The van der Waals surface area contributed by atoms with E-state index in [0.29, 0.717) is 6.54 Å². The summed E-state index contributed by atoms with van der Waals surface area (Å²) in [4.78, 5) is 30.5. The number of hydrogen-bond acceptors (Lipinski definition) is 3. The number of amides is 2. The van der Waals surface area contributed by atoms with Gasteiger partial charge in [0, 0.05) is 17.0 Å². The van der Waals surface area contributed by atoms with Crippen molar-refractivity contribution in [1.82, 2.24) is 14.8 Å². The number of aryl methyl sites for hydroxylation is 1. The number of carbonyl (C=O) groups is 2. The molecule has 1 saturated carbocycles. The zero-order chi connectivity index (χ0) is 21.5. The van der Waals surface area contributed by atoms with E-state index < -0.39 is 5.54 Å². The van der Waals surface area contributed by atoms with Gasteiger partial charge in [-0.25, -0.2) is 0 Å². The summed E-state index contributed by atoms with van der Waals surface area (Å²) in [7, 11) is 0. The van der Waals surface area contributed by atoms with E-state index in [0.717, 1.165) is 41.6 Å². The minimum atomic E-state index is -0.883. The average molecular weight is 430 g/mol. The first-order valence-electron chi connectivity index (χ1n) is 11.7. The summed E-state index contributed by atoms with van der Waals surface area (Å²) < 4.78 is 3.24.